The molecule has 0 aromatic carbocycles. The maximum Gasteiger partial charge on any atom is 0.246 e. The number of nitrogens with zero attached hydrogens (tertiary/aromatic N) is 4. The van der Waals surface area contributed by atoms with Gasteiger partial charge in [-0.05, 0) is 30.5 Å². The number of carbonyl (C=O) groups excluding carboxylic acids is 1. The molecule has 0 spiro atoms. The lowest BCUT2D eigenvalue weighted by Crippen LogP contribution is -2.44. The number of hydrogen-bond acceptors (Lipinski definition) is 5. The van der Waals surface area contributed by atoms with Crippen LogP contribution in [-0.2, 0) is 4.79 Å². The molecule has 1 aliphatic heterocycles. The van der Waals surface area contributed by atoms with Crippen LogP contribution in [0, 0.1) is 11.3 Å². The van der Waals surface area contributed by atoms with Gasteiger partial charge in [-0.25, -0.2) is 0 Å². The molecule has 1 fully saturated rings. The number of aromatic nitrogens is 3. The molecule has 0 bridgehead atoms. The topological polar surface area (TPSA) is 97.7 Å². The van der Waals surface area contributed by atoms with Gasteiger partial charge in [0.1, 0.15) is 17.5 Å². The van der Waals surface area contributed by atoms with E-state index in [9.17, 15) is 10.1 Å². The standard InChI is InChI=1S/C15H15ClN6O/c1-2-11(23)22-5-3-4-10(8-22)19-14-12-9(6-17)7-18-13(12)20-15(16)21-14/h2,7,10H,1,3-5,8H2,(H2,18,19,20,21). The Balaban J connectivity index is 1.89. The molecule has 7 nitrogen and oxygen atoms in total. The fourth-order valence-electron chi connectivity index (χ4n) is 2.82. The fraction of sp³-hybridized carbons (Fsp3) is 0.333. The molecule has 2 aromatic rings. The van der Waals surface area contributed by atoms with Crippen LogP contribution in [0.4, 0.5) is 5.82 Å². The number of nitrogens with one attached hydrogen (secondary N) is 2. The van der Waals surface area contributed by atoms with E-state index in [1.807, 2.05) is 0 Å². The van der Waals surface area contributed by atoms with E-state index in [2.05, 4.69) is 32.9 Å². The summed E-state index contributed by atoms with van der Waals surface area (Å²) < 4.78 is 0. The van der Waals surface area contributed by atoms with Crippen molar-refractivity contribution >= 4 is 34.4 Å². The van der Waals surface area contributed by atoms with Crippen molar-refractivity contribution in [2.75, 3.05) is 18.4 Å². The Labute approximate surface area is 138 Å². The van der Waals surface area contributed by atoms with Crippen molar-refractivity contribution in [2.24, 2.45) is 0 Å². The Kier molecular flexibility index (Phi) is 4.17. The molecule has 2 N–H and O–H groups in total. The van der Waals surface area contributed by atoms with Gasteiger partial charge >= 0.3 is 0 Å². The average Bonchev–Trinajstić information content (AvgIpc) is 2.97. The molecule has 2 aromatic heterocycles. The smallest absolute Gasteiger partial charge is 0.246 e. The third kappa shape index (κ3) is 2.98. The van der Waals surface area contributed by atoms with Crippen LogP contribution in [0.3, 0.4) is 0 Å². The minimum absolute atomic E-state index is 0.0308. The van der Waals surface area contributed by atoms with Crippen molar-refractivity contribution in [3.63, 3.8) is 0 Å². The third-order valence-corrected chi connectivity index (χ3v) is 4.04. The van der Waals surface area contributed by atoms with E-state index in [4.69, 9.17) is 11.6 Å². The second-order valence-corrected chi connectivity index (χ2v) is 5.69. The molecule has 1 unspecified atom stereocenters. The van der Waals surface area contributed by atoms with Crippen LogP contribution in [0.25, 0.3) is 11.0 Å². The summed E-state index contributed by atoms with van der Waals surface area (Å²) in [4.78, 5) is 24.7. The second-order valence-electron chi connectivity index (χ2n) is 5.35. The first-order valence-corrected chi connectivity index (χ1v) is 7.62. The second kappa shape index (κ2) is 6.26. The highest BCUT2D eigenvalue weighted by Crippen LogP contribution is 2.27. The van der Waals surface area contributed by atoms with E-state index in [1.54, 1.807) is 11.1 Å². The quantitative estimate of drug-likeness (QED) is 0.663. The molecule has 23 heavy (non-hydrogen) atoms. The lowest BCUT2D eigenvalue weighted by atomic mass is 10.1. The molecule has 8 heteroatoms. The van der Waals surface area contributed by atoms with Gasteiger partial charge in [0.2, 0.25) is 11.2 Å². The summed E-state index contributed by atoms with van der Waals surface area (Å²) in [6, 6.07) is 2.14. The Morgan fingerprint density at radius 2 is 2.43 bits per heavy atom. The molecular weight excluding hydrogens is 316 g/mol. The summed E-state index contributed by atoms with van der Waals surface area (Å²) in [7, 11) is 0. The number of hydrogen-bond donors (Lipinski definition) is 2. The molecule has 3 rings (SSSR count). The first-order chi connectivity index (χ1) is 11.1. The Morgan fingerprint density at radius 3 is 3.17 bits per heavy atom. The first kappa shape index (κ1) is 15.3. The van der Waals surface area contributed by atoms with Gasteiger partial charge in [0.05, 0.1) is 10.9 Å². The summed E-state index contributed by atoms with van der Waals surface area (Å²) in [6.07, 6.45) is 4.69. The highest BCUT2D eigenvalue weighted by molar-refractivity contribution is 6.28. The largest absolute Gasteiger partial charge is 0.365 e. The van der Waals surface area contributed by atoms with Crippen LogP contribution in [0.15, 0.2) is 18.9 Å². The van der Waals surface area contributed by atoms with Crippen molar-refractivity contribution < 1.29 is 4.79 Å². The van der Waals surface area contributed by atoms with Gasteiger partial charge in [0.25, 0.3) is 0 Å². The summed E-state index contributed by atoms with van der Waals surface area (Å²) >= 11 is 5.95. The number of rotatable bonds is 3. The number of aromatic amines is 1. The fourth-order valence-corrected chi connectivity index (χ4v) is 2.98. The molecule has 0 radical (unpaired) electrons. The third-order valence-electron chi connectivity index (χ3n) is 3.87. The van der Waals surface area contributed by atoms with E-state index >= 15 is 0 Å². The lowest BCUT2D eigenvalue weighted by molar-refractivity contribution is -0.127. The first-order valence-electron chi connectivity index (χ1n) is 7.25. The van der Waals surface area contributed by atoms with Crippen LogP contribution in [0.1, 0.15) is 18.4 Å². The normalized spacial score (nSPS) is 17.7. The van der Waals surface area contributed by atoms with Crippen molar-refractivity contribution in [2.45, 2.75) is 18.9 Å². The minimum Gasteiger partial charge on any atom is -0.365 e. The molecule has 1 aliphatic rings. The zero-order valence-corrected chi connectivity index (χ0v) is 13.1. The molecule has 118 valence electrons. The zero-order valence-electron chi connectivity index (χ0n) is 12.3. The Bertz CT molecular complexity index is 808. The average molecular weight is 331 g/mol. The molecule has 0 aliphatic carbocycles. The van der Waals surface area contributed by atoms with Crippen LogP contribution >= 0.6 is 11.6 Å². The maximum atomic E-state index is 11.8. The van der Waals surface area contributed by atoms with Gasteiger partial charge in [-0.1, -0.05) is 6.58 Å². The molecular formula is C15H15ClN6O. The number of likely N-dealkylation sites (tertiary alicyclic amines) is 1. The van der Waals surface area contributed by atoms with Crippen molar-refractivity contribution in [1.29, 1.82) is 5.26 Å². The highest BCUT2D eigenvalue weighted by Gasteiger charge is 2.24. The number of H-pyrrole nitrogens is 1. The highest BCUT2D eigenvalue weighted by atomic mass is 35.5. The van der Waals surface area contributed by atoms with Crippen molar-refractivity contribution in [1.82, 2.24) is 19.9 Å². The van der Waals surface area contributed by atoms with Gasteiger partial charge in [-0.3, -0.25) is 4.79 Å². The Hall–Kier alpha value is -2.59. The van der Waals surface area contributed by atoms with Crippen LogP contribution < -0.4 is 5.32 Å². The number of amides is 1. The SMILES string of the molecule is C=CC(=O)N1CCCC(Nc2nc(Cl)nc3[nH]cc(C#N)c23)C1. The summed E-state index contributed by atoms with van der Waals surface area (Å²) in [5.41, 5.74) is 0.966. The molecule has 1 atom stereocenters. The number of nitriles is 1. The predicted octanol–water partition coefficient (Wildman–Crippen LogP) is 2.07. The number of carbonyl (C=O) groups is 1. The van der Waals surface area contributed by atoms with Crippen LogP contribution in [-0.4, -0.2) is 44.9 Å². The molecule has 3 heterocycles. The van der Waals surface area contributed by atoms with Gasteiger partial charge in [-0.2, -0.15) is 15.2 Å². The summed E-state index contributed by atoms with van der Waals surface area (Å²) in [5, 5.41) is 13.2. The Morgan fingerprint density at radius 1 is 1.61 bits per heavy atom. The van der Waals surface area contributed by atoms with Gasteiger partial charge < -0.3 is 15.2 Å². The predicted molar refractivity (Wildman–Crippen MR) is 87.0 cm³/mol. The van der Waals surface area contributed by atoms with Gasteiger partial charge in [-0.15, -0.1) is 0 Å². The van der Waals surface area contributed by atoms with Crippen LogP contribution in [0.5, 0.6) is 0 Å². The van der Waals surface area contributed by atoms with E-state index < -0.39 is 0 Å². The number of anilines is 1. The lowest BCUT2D eigenvalue weighted by Gasteiger charge is -2.32. The zero-order chi connectivity index (χ0) is 16.4. The maximum absolute atomic E-state index is 11.8. The van der Waals surface area contributed by atoms with Crippen LogP contribution in [0.2, 0.25) is 5.28 Å². The van der Waals surface area contributed by atoms with E-state index in [0.717, 1.165) is 19.4 Å². The molecule has 1 saturated heterocycles. The molecule has 0 saturated carbocycles. The minimum atomic E-state index is -0.0817. The molecule has 1 amide bonds. The van der Waals surface area contributed by atoms with E-state index in [0.29, 0.717) is 29.0 Å². The monoisotopic (exact) mass is 330 g/mol. The van der Waals surface area contributed by atoms with E-state index in [1.165, 1.54) is 6.08 Å². The van der Waals surface area contributed by atoms with Crippen molar-refractivity contribution in [3.05, 3.63) is 29.7 Å². The summed E-state index contributed by atoms with van der Waals surface area (Å²) in [5.74, 6) is 0.428. The van der Waals surface area contributed by atoms with Gasteiger partial charge in [0, 0.05) is 25.3 Å². The van der Waals surface area contributed by atoms with Gasteiger partial charge in [0.15, 0.2) is 0 Å². The van der Waals surface area contributed by atoms with Crippen molar-refractivity contribution in [3.8, 4) is 6.07 Å². The summed E-state index contributed by atoms with van der Waals surface area (Å²) in [6.45, 7) is 4.80. The number of fused-ring (bicyclic) bond motifs is 1. The number of piperidine rings is 1. The van der Waals surface area contributed by atoms with E-state index in [-0.39, 0.29) is 17.2 Å². The number of halogens is 1.